The van der Waals surface area contributed by atoms with Crippen molar-refractivity contribution in [1.82, 2.24) is 0 Å². The van der Waals surface area contributed by atoms with Gasteiger partial charge in [0.05, 0.1) is 5.56 Å². The first kappa shape index (κ1) is 13.7. The second-order valence-corrected chi connectivity index (χ2v) is 7.17. The van der Waals surface area contributed by atoms with Crippen molar-refractivity contribution in [2.24, 2.45) is 4.99 Å². The van der Waals surface area contributed by atoms with Gasteiger partial charge in [-0.1, -0.05) is 17.7 Å². The molecule has 0 amide bonds. The summed E-state index contributed by atoms with van der Waals surface area (Å²) in [5.74, 6) is 0.252. The fourth-order valence-electron chi connectivity index (χ4n) is 3.13. The Hall–Kier alpha value is -1.98. The highest BCUT2D eigenvalue weighted by atomic mass is 32.1. The number of rotatable bonds is 1. The van der Waals surface area contributed by atoms with Crippen LogP contribution in [0.1, 0.15) is 27.2 Å². The van der Waals surface area contributed by atoms with Crippen molar-refractivity contribution in [3.63, 3.8) is 0 Å². The van der Waals surface area contributed by atoms with Crippen molar-refractivity contribution in [3.05, 3.63) is 46.3 Å². The number of aliphatic hydroxyl groups is 1. The predicted octanol–water partition coefficient (Wildman–Crippen LogP) is 3.23. The summed E-state index contributed by atoms with van der Waals surface area (Å²) >= 11 is 1.50. The maximum Gasteiger partial charge on any atom is 0.205 e. The van der Waals surface area contributed by atoms with Crippen LogP contribution in [-0.2, 0) is 0 Å². The molecule has 0 spiro atoms. The minimum absolute atomic E-state index is 0.216. The van der Waals surface area contributed by atoms with E-state index in [9.17, 15) is 9.90 Å². The molecule has 1 aromatic carbocycles. The summed E-state index contributed by atoms with van der Waals surface area (Å²) in [4.78, 5) is 20.3. The number of aryl methyl sites for hydroxylation is 2. The lowest BCUT2D eigenvalue weighted by molar-refractivity contribution is 0.0603. The molecule has 3 heterocycles. The summed E-state index contributed by atoms with van der Waals surface area (Å²) in [7, 11) is 0. The van der Waals surface area contributed by atoms with Gasteiger partial charge in [0.2, 0.25) is 5.78 Å². The molecule has 1 aromatic heterocycles. The monoisotopic (exact) mass is 312 g/mol. The number of aliphatic imine (C=N–C) groups is 1. The van der Waals surface area contributed by atoms with Gasteiger partial charge in [0.1, 0.15) is 5.00 Å². The number of carbonyl (C=O) groups is 1. The SMILES string of the molecule is Cc1ccc(N2CCC3(O)C(=O)c4cc(C)sc4N=C23)cc1. The molecule has 112 valence electrons. The van der Waals surface area contributed by atoms with Crippen molar-refractivity contribution in [1.29, 1.82) is 0 Å². The molecular formula is C17H16N2O2S. The third kappa shape index (κ3) is 1.79. The molecule has 0 aliphatic carbocycles. The number of hydrogen-bond acceptors (Lipinski definition) is 5. The first-order valence-corrected chi connectivity index (χ1v) is 8.12. The number of anilines is 1. The number of carbonyl (C=O) groups excluding carboxylic acids is 1. The van der Waals surface area contributed by atoms with Crippen LogP contribution in [0.4, 0.5) is 10.7 Å². The fraction of sp³-hybridized carbons (Fsp3) is 0.294. The van der Waals surface area contributed by atoms with Crippen LogP contribution < -0.4 is 4.90 Å². The zero-order valence-electron chi connectivity index (χ0n) is 12.5. The number of nitrogens with zero attached hydrogens (tertiary/aromatic N) is 2. The van der Waals surface area contributed by atoms with Crippen molar-refractivity contribution >= 4 is 33.6 Å². The molecule has 0 radical (unpaired) electrons. The summed E-state index contributed by atoms with van der Waals surface area (Å²) in [5, 5.41) is 11.6. The molecule has 1 atom stereocenters. The van der Waals surface area contributed by atoms with Gasteiger partial charge in [0.15, 0.2) is 11.4 Å². The zero-order valence-corrected chi connectivity index (χ0v) is 13.3. The fourth-order valence-corrected chi connectivity index (χ4v) is 4.00. The van der Waals surface area contributed by atoms with E-state index >= 15 is 0 Å². The molecule has 1 saturated heterocycles. The van der Waals surface area contributed by atoms with Crippen molar-refractivity contribution < 1.29 is 9.90 Å². The van der Waals surface area contributed by atoms with Crippen molar-refractivity contribution in [3.8, 4) is 0 Å². The molecule has 5 heteroatoms. The Labute approximate surface area is 132 Å². The van der Waals surface area contributed by atoms with Crippen LogP contribution in [0, 0.1) is 13.8 Å². The summed E-state index contributed by atoms with van der Waals surface area (Å²) in [5.41, 5.74) is 1.21. The molecule has 0 saturated carbocycles. The highest BCUT2D eigenvalue weighted by molar-refractivity contribution is 7.16. The normalized spacial score (nSPS) is 23.3. The van der Waals surface area contributed by atoms with Gasteiger partial charge in [-0.3, -0.25) is 4.79 Å². The Balaban J connectivity index is 1.85. The Morgan fingerprint density at radius 1 is 1.27 bits per heavy atom. The lowest BCUT2D eigenvalue weighted by atomic mass is 9.90. The van der Waals surface area contributed by atoms with E-state index in [0.29, 0.717) is 29.4 Å². The lowest BCUT2D eigenvalue weighted by Gasteiger charge is -2.28. The maximum absolute atomic E-state index is 12.7. The highest BCUT2D eigenvalue weighted by Gasteiger charge is 2.52. The zero-order chi connectivity index (χ0) is 15.5. The largest absolute Gasteiger partial charge is 0.374 e. The smallest absolute Gasteiger partial charge is 0.205 e. The van der Waals surface area contributed by atoms with Crippen molar-refractivity contribution in [2.75, 3.05) is 11.4 Å². The molecule has 1 unspecified atom stereocenters. The van der Waals surface area contributed by atoms with E-state index in [4.69, 9.17) is 0 Å². The molecular weight excluding hydrogens is 296 g/mol. The molecule has 4 rings (SSSR count). The van der Waals surface area contributed by atoms with E-state index in [2.05, 4.69) is 4.99 Å². The number of ketones is 1. The minimum Gasteiger partial charge on any atom is -0.374 e. The van der Waals surface area contributed by atoms with Gasteiger partial charge in [0.25, 0.3) is 0 Å². The molecule has 2 aliphatic heterocycles. The number of hydrogen-bond donors (Lipinski definition) is 1. The molecule has 0 bridgehead atoms. The van der Waals surface area contributed by atoms with E-state index in [0.717, 1.165) is 10.6 Å². The Morgan fingerprint density at radius 3 is 2.73 bits per heavy atom. The summed E-state index contributed by atoms with van der Waals surface area (Å²) in [6.07, 6.45) is 0.382. The van der Waals surface area contributed by atoms with Crippen LogP contribution in [0.3, 0.4) is 0 Å². The third-order valence-electron chi connectivity index (χ3n) is 4.33. The molecule has 2 aromatic rings. The van der Waals surface area contributed by atoms with E-state index < -0.39 is 5.60 Å². The van der Waals surface area contributed by atoms with Gasteiger partial charge in [0, 0.05) is 23.5 Å². The van der Waals surface area contributed by atoms with E-state index in [1.165, 1.54) is 16.9 Å². The van der Waals surface area contributed by atoms with Crippen LogP contribution in [0.15, 0.2) is 35.3 Å². The Morgan fingerprint density at radius 2 is 2.00 bits per heavy atom. The summed E-state index contributed by atoms with van der Waals surface area (Å²) < 4.78 is 0. The second-order valence-electron chi connectivity index (χ2n) is 5.94. The first-order valence-electron chi connectivity index (χ1n) is 7.30. The summed E-state index contributed by atoms with van der Waals surface area (Å²) in [6.45, 7) is 4.58. The van der Waals surface area contributed by atoms with Gasteiger partial charge < -0.3 is 10.0 Å². The van der Waals surface area contributed by atoms with Crippen molar-refractivity contribution in [2.45, 2.75) is 25.9 Å². The molecule has 1 fully saturated rings. The minimum atomic E-state index is -1.48. The van der Waals surface area contributed by atoms with E-state index in [1.807, 2.05) is 49.1 Å². The molecule has 4 nitrogen and oxygen atoms in total. The number of amidine groups is 1. The summed E-state index contributed by atoms with van der Waals surface area (Å²) in [6, 6.07) is 9.89. The van der Waals surface area contributed by atoms with Crippen LogP contribution in [-0.4, -0.2) is 28.9 Å². The quantitative estimate of drug-likeness (QED) is 0.879. The average Bonchev–Trinajstić information content (AvgIpc) is 3.02. The lowest BCUT2D eigenvalue weighted by Crippen LogP contribution is -2.48. The van der Waals surface area contributed by atoms with E-state index in [-0.39, 0.29) is 5.78 Å². The third-order valence-corrected chi connectivity index (χ3v) is 5.28. The standard InChI is InChI=1S/C17H16N2O2S/c1-10-3-5-12(6-4-10)19-8-7-17(21)14(20)13-9-11(2)22-15(13)18-16(17)19/h3-6,9,21H,7-8H2,1-2H3. The van der Waals surface area contributed by atoms with Crippen LogP contribution in [0.2, 0.25) is 0 Å². The predicted molar refractivity (Wildman–Crippen MR) is 88.6 cm³/mol. The van der Waals surface area contributed by atoms with Gasteiger partial charge >= 0.3 is 0 Å². The molecule has 2 aliphatic rings. The second kappa shape index (κ2) is 4.51. The Bertz CT molecular complexity index is 807. The Kier molecular flexibility index (Phi) is 2.80. The van der Waals surface area contributed by atoms with Gasteiger partial charge in [-0.2, -0.15) is 0 Å². The maximum atomic E-state index is 12.7. The highest BCUT2D eigenvalue weighted by Crippen LogP contribution is 2.42. The number of Topliss-reactive ketones (excluding diaryl/α,β-unsaturated/α-hetero) is 1. The molecule has 22 heavy (non-hydrogen) atoms. The number of benzene rings is 1. The number of thiophene rings is 1. The topological polar surface area (TPSA) is 52.9 Å². The number of fused-ring (bicyclic) bond motifs is 2. The molecule has 1 N–H and O–H groups in total. The van der Waals surface area contributed by atoms with Crippen LogP contribution in [0.25, 0.3) is 0 Å². The first-order chi connectivity index (χ1) is 10.5. The van der Waals surface area contributed by atoms with Gasteiger partial charge in [-0.05, 0) is 32.0 Å². The van der Waals surface area contributed by atoms with Crippen LogP contribution >= 0.6 is 11.3 Å². The van der Waals surface area contributed by atoms with Gasteiger partial charge in [-0.25, -0.2) is 4.99 Å². The average molecular weight is 312 g/mol. The van der Waals surface area contributed by atoms with Crippen LogP contribution in [0.5, 0.6) is 0 Å². The van der Waals surface area contributed by atoms with Gasteiger partial charge in [-0.15, -0.1) is 11.3 Å². The van der Waals surface area contributed by atoms with E-state index in [1.54, 1.807) is 0 Å².